The smallest absolute Gasteiger partial charge is 0.325 e. The molecule has 2 aromatic carbocycles. The number of amides is 1. The normalized spacial score (nSPS) is 11.0. The Bertz CT molecular complexity index is 830. The maximum Gasteiger partial charge on any atom is 0.325 e. The minimum Gasteiger partial charge on any atom is -0.493 e. The molecule has 26 heavy (non-hydrogen) atoms. The van der Waals surface area contributed by atoms with Crippen molar-refractivity contribution >= 4 is 17.9 Å². The van der Waals surface area contributed by atoms with Crippen LogP contribution in [0.15, 0.2) is 48.5 Å². The lowest BCUT2D eigenvalue weighted by Gasteiger charge is -2.15. The first-order valence-corrected chi connectivity index (χ1v) is 7.87. The van der Waals surface area contributed by atoms with E-state index in [0.29, 0.717) is 17.1 Å². The second kappa shape index (κ2) is 9.15. The van der Waals surface area contributed by atoms with Crippen LogP contribution in [0.25, 0.3) is 5.53 Å². The average Bonchev–Trinajstić information content (AvgIpc) is 2.67. The van der Waals surface area contributed by atoms with E-state index in [1.807, 2.05) is 30.3 Å². The van der Waals surface area contributed by atoms with Crippen LogP contribution in [0.1, 0.15) is 15.9 Å². The van der Waals surface area contributed by atoms with Crippen LogP contribution in [0.4, 0.5) is 0 Å². The van der Waals surface area contributed by atoms with Crippen LogP contribution in [0.2, 0.25) is 0 Å². The highest BCUT2D eigenvalue weighted by Gasteiger charge is 2.23. The Labute approximate surface area is 151 Å². The van der Waals surface area contributed by atoms with E-state index < -0.39 is 17.7 Å². The summed E-state index contributed by atoms with van der Waals surface area (Å²) in [6.45, 7) is 0. The van der Waals surface area contributed by atoms with Crippen molar-refractivity contribution in [3.05, 3.63) is 65.2 Å². The quantitative estimate of drug-likeness (QED) is 0.445. The summed E-state index contributed by atoms with van der Waals surface area (Å²) in [5.41, 5.74) is 9.81. The van der Waals surface area contributed by atoms with Crippen molar-refractivity contribution in [1.82, 2.24) is 5.32 Å². The molecule has 0 aliphatic heterocycles. The minimum absolute atomic E-state index is 0.269. The largest absolute Gasteiger partial charge is 0.493 e. The molecule has 0 spiro atoms. The lowest BCUT2D eigenvalue weighted by Crippen LogP contribution is -2.43. The number of rotatable bonds is 8. The molecule has 0 saturated carbocycles. The fourth-order valence-electron chi connectivity index (χ4n) is 2.44. The van der Waals surface area contributed by atoms with Gasteiger partial charge >= 0.3 is 6.21 Å². The van der Waals surface area contributed by atoms with Gasteiger partial charge in [0, 0.05) is 12.0 Å². The molecule has 0 radical (unpaired) electrons. The molecule has 0 saturated heterocycles. The van der Waals surface area contributed by atoms with Gasteiger partial charge in [0.1, 0.15) is 6.04 Å². The van der Waals surface area contributed by atoms with Crippen LogP contribution in [0.3, 0.4) is 0 Å². The summed E-state index contributed by atoms with van der Waals surface area (Å²) >= 11 is 0. The monoisotopic (exact) mass is 353 g/mol. The highest BCUT2D eigenvalue weighted by Crippen LogP contribution is 2.27. The lowest BCUT2D eigenvalue weighted by molar-refractivity contribution is -0.117. The summed E-state index contributed by atoms with van der Waals surface area (Å²) in [7, 11) is 2.97. The molecule has 1 N–H and O–H groups in total. The first-order chi connectivity index (χ1) is 12.6. The zero-order valence-corrected chi connectivity index (χ0v) is 14.5. The molecule has 1 amide bonds. The molecule has 7 heteroatoms. The Morgan fingerprint density at radius 3 is 2.42 bits per heavy atom. The molecule has 0 bridgehead atoms. The number of carbonyl (C=O) groups is 2. The zero-order valence-electron chi connectivity index (χ0n) is 14.5. The van der Waals surface area contributed by atoms with Crippen LogP contribution in [0.5, 0.6) is 11.5 Å². The standard InChI is InChI=1S/C19H19N3O4/c1-25-17-9-8-14(11-18(17)26-2)19(24)22-15(16(23)12-21-20)10-13-6-4-3-5-7-13/h3-9,11-12,15H,10H2,1-2H3,(H,22,24)/t15-/m1/s1. The minimum atomic E-state index is -0.867. The van der Waals surface area contributed by atoms with Gasteiger partial charge < -0.3 is 20.3 Å². The van der Waals surface area contributed by atoms with Gasteiger partial charge in [-0.2, -0.15) is 4.79 Å². The van der Waals surface area contributed by atoms with Gasteiger partial charge in [-0.15, -0.1) is 0 Å². The predicted octanol–water partition coefficient (Wildman–Crippen LogP) is 1.91. The predicted molar refractivity (Wildman–Crippen MR) is 95.6 cm³/mol. The van der Waals surface area contributed by atoms with E-state index in [1.54, 1.807) is 12.1 Å². The first kappa shape index (κ1) is 18.9. The van der Waals surface area contributed by atoms with E-state index >= 15 is 0 Å². The number of carbonyl (C=O) groups excluding carboxylic acids is 2. The molecule has 0 unspecified atom stereocenters. The molecule has 0 fully saturated rings. The molecule has 0 aliphatic carbocycles. The van der Waals surface area contributed by atoms with Crippen molar-refractivity contribution in [2.75, 3.05) is 14.2 Å². The number of nitrogens with zero attached hydrogens (tertiary/aromatic N) is 2. The maximum absolute atomic E-state index is 12.6. The maximum atomic E-state index is 12.6. The fourth-order valence-corrected chi connectivity index (χ4v) is 2.44. The number of methoxy groups -OCH3 is 2. The summed E-state index contributed by atoms with van der Waals surface area (Å²) in [5, 5.41) is 2.67. The summed E-state index contributed by atoms with van der Waals surface area (Å²) in [5.74, 6) is -0.0619. The van der Waals surface area contributed by atoms with Gasteiger partial charge in [0.15, 0.2) is 11.5 Å². The zero-order chi connectivity index (χ0) is 18.9. The van der Waals surface area contributed by atoms with E-state index in [4.69, 9.17) is 15.0 Å². The Morgan fingerprint density at radius 1 is 1.12 bits per heavy atom. The third-order valence-electron chi connectivity index (χ3n) is 3.76. The van der Waals surface area contributed by atoms with Gasteiger partial charge in [-0.1, -0.05) is 30.3 Å². The summed E-state index contributed by atoms with van der Waals surface area (Å²) in [6, 6.07) is 13.1. The number of nitrogens with one attached hydrogen (secondary N) is 1. The summed E-state index contributed by atoms with van der Waals surface area (Å²) in [6.07, 6.45) is 1.05. The number of ketones is 1. The molecule has 134 valence electrons. The van der Waals surface area contributed by atoms with E-state index in [0.717, 1.165) is 11.8 Å². The van der Waals surface area contributed by atoms with Crippen LogP contribution in [-0.2, 0) is 11.2 Å². The summed E-state index contributed by atoms with van der Waals surface area (Å²) < 4.78 is 10.3. The van der Waals surface area contributed by atoms with Gasteiger partial charge in [0.2, 0.25) is 0 Å². The van der Waals surface area contributed by atoms with Crippen LogP contribution in [-0.4, -0.2) is 43.0 Å². The van der Waals surface area contributed by atoms with Crippen molar-refractivity contribution in [3.63, 3.8) is 0 Å². The molecule has 0 heterocycles. The fraction of sp³-hybridized carbons (Fsp3) is 0.211. The van der Waals surface area contributed by atoms with Gasteiger partial charge in [-0.05, 0) is 23.8 Å². The molecular weight excluding hydrogens is 334 g/mol. The molecular formula is C19H19N3O4. The van der Waals surface area contributed by atoms with Crippen molar-refractivity contribution in [2.24, 2.45) is 0 Å². The van der Waals surface area contributed by atoms with Gasteiger partial charge in [0.25, 0.3) is 11.7 Å². The number of Topliss-reactive ketones (excluding diaryl/α,β-unsaturated/α-hetero) is 1. The molecule has 2 aromatic rings. The third kappa shape index (κ3) is 4.78. The van der Waals surface area contributed by atoms with Gasteiger partial charge in [-0.3, -0.25) is 9.59 Å². The van der Waals surface area contributed by atoms with E-state index in [-0.39, 0.29) is 6.42 Å². The van der Waals surface area contributed by atoms with E-state index in [2.05, 4.69) is 10.1 Å². The number of ether oxygens (including phenoxy) is 2. The highest BCUT2D eigenvalue weighted by molar-refractivity contribution is 6.28. The van der Waals surface area contributed by atoms with E-state index in [1.165, 1.54) is 20.3 Å². The van der Waals surface area contributed by atoms with Crippen LogP contribution in [0, 0.1) is 0 Å². The molecule has 0 aromatic heterocycles. The number of hydrogen-bond acceptors (Lipinski definition) is 4. The van der Waals surface area contributed by atoms with Crippen molar-refractivity contribution < 1.29 is 23.9 Å². The molecule has 1 atom stereocenters. The van der Waals surface area contributed by atoms with E-state index in [9.17, 15) is 9.59 Å². The second-order valence-electron chi connectivity index (χ2n) is 5.43. The topological polar surface area (TPSA) is 101 Å². The van der Waals surface area contributed by atoms with Crippen molar-refractivity contribution in [1.29, 1.82) is 0 Å². The Kier molecular flexibility index (Phi) is 6.65. The Balaban J connectivity index is 2.22. The van der Waals surface area contributed by atoms with Crippen molar-refractivity contribution in [3.8, 4) is 11.5 Å². The van der Waals surface area contributed by atoms with Gasteiger partial charge in [-0.25, -0.2) is 0 Å². The summed E-state index contributed by atoms with van der Waals surface area (Å²) in [4.78, 5) is 27.5. The Morgan fingerprint density at radius 2 is 1.81 bits per heavy atom. The van der Waals surface area contributed by atoms with Crippen LogP contribution >= 0.6 is 0 Å². The molecule has 7 nitrogen and oxygen atoms in total. The van der Waals surface area contributed by atoms with Crippen LogP contribution < -0.4 is 14.8 Å². The molecule has 0 aliphatic rings. The first-order valence-electron chi connectivity index (χ1n) is 7.87. The lowest BCUT2D eigenvalue weighted by atomic mass is 10.0. The number of hydrogen-bond donors (Lipinski definition) is 1. The van der Waals surface area contributed by atoms with Crippen molar-refractivity contribution in [2.45, 2.75) is 12.5 Å². The highest BCUT2D eigenvalue weighted by atomic mass is 16.5. The molecule has 2 rings (SSSR count). The Hall–Kier alpha value is -3.44. The SMILES string of the molecule is COc1ccc(C(=O)N[C@H](Cc2ccccc2)C(=O)C=[N+]=[N-])cc1OC. The third-order valence-corrected chi connectivity index (χ3v) is 3.76. The van der Waals surface area contributed by atoms with Gasteiger partial charge in [0.05, 0.1) is 14.2 Å². The second-order valence-corrected chi connectivity index (χ2v) is 5.43. The number of benzene rings is 2. The average molecular weight is 353 g/mol.